The molecule has 0 heterocycles. The predicted molar refractivity (Wildman–Crippen MR) is 52.0 cm³/mol. The van der Waals surface area contributed by atoms with Gasteiger partial charge in [0.2, 0.25) is 0 Å². The smallest absolute Gasteiger partial charge is 0.0459 e. The second-order valence-electron chi connectivity index (χ2n) is 3.93. The van der Waals surface area contributed by atoms with Crippen molar-refractivity contribution in [3.05, 3.63) is 11.6 Å². The molecule has 1 aliphatic carbocycles. The Hall–Kier alpha value is -0.300. The van der Waals surface area contributed by atoms with Crippen LogP contribution in [0.2, 0.25) is 0 Å². The van der Waals surface area contributed by atoms with Gasteiger partial charge in [0.25, 0.3) is 0 Å². The lowest BCUT2D eigenvalue weighted by Gasteiger charge is -2.27. The molecule has 70 valence electrons. The minimum atomic E-state index is 0.390. The van der Waals surface area contributed by atoms with Crippen LogP contribution in [-0.4, -0.2) is 11.7 Å². The van der Waals surface area contributed by atoms with Gasteiger partial charge >= 0.3 is 0 Å². The van der Waals surface area contributed by atoms with Gasteiger partial charge in [0, 0.05) is 6.61 Å². The standard InChI is InChI=1S/C11H20O/c1-3-9(2)11-6-4-10(8-12)5-7-11/h3,10-12H,4-8H2,1-2H3. The Morgan fingerprint density at radius 3 is 2.33 bits per heavy atom. The van der Waals surface area contributed by atoms with Crippen LogP contribution in [0.5, 0.6) is 0 Å². The van der Waals surface area contributed by atoms with E-state index in [-0.39, 0.29) is 0 Å². The Morgan fingerprint density at radius 1 is 1.33 bits per heavy atom. The van der Waals surface area contributed by atoms with Crippen molar-refractivity contribution in [3.8, 4) is 0 Å². The second-order valence-corrected chi connectivity index (χ2v) is 3.93. The molecule has 0 aliphatic heterocycles. The zero-order valence-electron chi connectivity index (χ0n) is 8.21. The molecule has 0 aromatic rings. The highest BCUT2D eigenvalue weighted by Crippen LogP contribution is 2.32. The summed E-state index contributed by atoms with van der Waals surface area (Å²) in [5, 5.41) is 8.96. The summed E-state index contributed by atoms with van der Waals surface area (Å²) in [7, 11) is 0. The Morgan fingerprint density at radius 2 is 1.92 bits per heavy atom. The van der Waals surface area contributed by atoms with Crippen molar-refractivity contribution in [3.63, 3.8) is 0 Å². The molecule has 12 heavy (non-hydrogen) atoms. The van der Waals surface area contributed by atoms with Gasteiger partial charge < -0.3 is 5.11 Å². The summed E-state index contributed by atoms with van der Waals surface area (Å²) in [4.78, 5) is 0. The van der Waals surface area contributed by atoms with Gasteiger partial charge in [-0.1, -0.05) is 11.6 Å². The molecule has 0 amide bonds. The van der Waals surface area contributed by atoms with E-state index >= 15 is 0 Å². The van der Waals surface area contributed by atoms with Crippen LogP contribution in [0.3, 0.4) is 0 Å². The Bertz CT molecular complexity index is 152. The van der Waals surface area contributed by atoms with Gasteiger partial charge in [-0.3, -0.25) is 0 Å². The molecule has 0 radical (unpaired) electrons. The lowest BCUT2D eigenvalue weighted by Crippen LogP contribution is -2.17. The van der Waals surface area contributed by atoms with Gasteiger partial charge in [-0.05, 0) is 51.4 Å². The SMILES string of the molecule is CC=C(C)C1CCC(CO)CC1. The zero-order valence-corrected chi connectivity index (χ0v) is 8.21. The largest absolute Gasteiger partial charge is 0.396 e. The molecule has 1 heteroatoms. The highest BCUT2D eigenvalue weighted by atomic mass is 16.3. The van der Waals surface area contributed by atoms with Crippen LogP contribution in [0.25, 0.3) is 0 Å². The maximum atomic E-state index is 8.96. The normalized spacial score (nSPS) is 32.1. The van der Waals surface area contributed by atoms with Gasteiger partial charge in [0.1, 0.15) is 0 Å². The van der Waals surface area contributed by atoms with Crippen LogP contribution in [-0.2, 0) is 0 Å². The molecule has 0 atom stereocenters. The minimum absolute atomic E-state index is 0.390. The van der Waals surface area contributed by atoms with Crippen LogP contribution in [0.15, 0.2) is 11.6 Å². The lowest BCUT2D eigenvalue weighted by molar-refractivity contribution is 0.175. The number of hydrogen-bond acceptors (Lipinski definition) is 1. The summed E-state index contributed by atoms with van der Waals surface area (Å²) in [5.41, 5.74) is 1.53. The first-order valence-corrected chi connectivity index (χ1v) is 5.01. The van der Waals surface area contributed by atoms with Crippen LogP contribution in [0.4, 0.5) is 0 Å². The summed E-state index contributed by atoms with van der Waals surface area (Å²) >= 11 is 0. The van der Waals surface area contributed by atoms with Crippen molar-refractivity contribution in [2.24, 2.45) is 11.8 Å². The number of aliphatic hydroxyl groups is 1. The minimum Gasteiger partial charge on any atom is -0.396 e. The molecule has 1 saturated carbocycles. The molecule has 0 saturated heterocycles. The van der Waals surface area contributed by atoms with E-state index in [1.807, 2.05) is 0 Å². The third kappa shape index (κ3) is 2.34. The molecular weight excluding hydrogens is 148 g/mol. The average molecular weight is 168 g/mol. The van der Waals surface area contributed by atoms with Crippen molar-refractivity contribution in [1.82, 2.24) is 0 Å². The third-order valence-corrected chi connectivity index (χ3v) is 3.20. The lowest BCUT2D eigenvalue weighted by atomic mass is 9.79. The van der Waals surface area contributed by atoms with E-state index in [1.165, 1.54) is 31.3 Å². The topological polar surface area (TPSA) is 20.2 Å². The van der Waals surface area contributed by atoms with Gasteiger partial charge in [0.05, 0.1) is 0 Å². The summed E-state index contributed by atoms with van der Waals surface area (Å²) in [5.74, 6) is 1.39. The van der Waals surface area contributed by atoms with Gasteiger partial charge in [-0.25, -0.2) is 0 Å². The molecule has 0 aromatic heterocycles. The van der Waals surface area contributed by atoms with E-state index in [4.69, 9.17) is 5.11 Å². The summed E-state index contributed by atoms with van der Waals surface area (Å²) in [6, 6.07) is 0. The van der Waals surface area contributed by atoms with Crippen molar-refractivity contribution in [2.45, 2.75) is 39.5 Å². The maximum absolute atomic E-state index is 8.96. The number of rotatable bonds is 2. The van der Waals surface area contributed by atoms with E-state index in [1.54, 1.807) is 0 Å². The van der Waals surface area contributed by atoms with Crippen LogP contribution < -0.4 is 0 Å². The van der Waals surface area contributed by atoms with Crippen LogP contribution in [0.1, 0.15) is 39.5 Å². The van der Waals surface area contributed by atoms with E-state index in [9.17, 15) is 0 Å². The second kappa shape index (κ2) is 4.66. The summed E-state index contributed by atoms with van der Waals surface area (Å²) in [6.07, 6.45) is 7.21. The quantitative estimate of drug-likeness (QED) is 0.629. The predicted octanol–water partition coefficient (Wildman–Crippen LogP) is 2.75. The van der Waals surface area contributed by atoms with Gasteiger partial charge in [-0.2, -0.15) is 0 Å². The molecule has 1 rings (SSSR count). The zero-order chi connectivity index (χ0) is 8.97. The van der Waals surface area contributed by atoms with E-state index < -0.39 is 0 Å². The summed E-state index contributed by atoms with van der Waals surface area (Å²) in [6.45, 7) is 4.74. The molecule has 0 unspecified atom stereocenters. The molecule has 0 spiro atoms. The molecule has 1 fully saturated rings. The molecule has 1 N–H and O–H groups in total. The van der Waals surface area contributed by atoms with Crippen molar-refractivity contribution >= 4 is 0 Å². The number of hydrogen-bond donors (Lipinski definition) is 1. The Kier molecular flexibility index (Phi) is 3.80. The third-order valence-electron chi connectivity index (χ3n) is 3.20. The first kappa shape index (κ1) is 9.79. The van der Waals surface area contributed by atoms with Crippen molar-refractivity contribution < 1.29 is 5.11 Å². The first-order valence-electron chi connectivity index (χ1n) is 5.01. The molecule has 1 aliphatic rings. The van der Waals surface area contributed by atoms with Crippen molar-refractivity contribution in [1.29, 1.82) is 0 Å². The molecular formula is C11H20O. The monoisotopic (exact) mass is 168 g/mol. The first-order chi connectivity index (χ1) is 5.77. The number of allylic oxidation sites excluding steroid dienone is 2. The van der Waals surface area contributed by atoms with Gasteiger partial charge in [0.15, 0.2) is 0 Å². The van der Waals surface area contributed by atoms with E-state index in [0.717, 1.165) is 5.92 Å². The Labute approximate surface area is 75.5 Å². The maximum Gasteiger partial charge on any atom is 0.0459 e. The summed E-state index contributed by atoms with van der Waals surface area (Å²) < 4.78 is 0. The molecule has 0 bridgehead atoms. The highest BCUT2D eigenvalue weighted by molar-refractivity contribution is 5.02. The molecule has 0 aromatic carbocycles. The van der Waals surface area contributed by atoms with E-state index in [0.29, 0.717) is 12.5 Å². The van der Waals surface area contributed by atoms with Crippen molar-refractivity contribution in [2.75, 3.05) is 6.61 Å². The molecule has 1 nitrogen and oxygen atoms in total. The van der Waals surface area contributed by atoms with E-state index in [2.05, 4.69) is 19.9 Å². The average Bonchev–Trinajstić information content (AvgIpc) is 2.17. The van der Waals surface area contributed by atoms with Crippen LogP contribution in [0, 0.1) is 11.8 Å². The Balaban J connectivity index is 2.36. The fraction of sp³-hybridized carbons (Fsp3) is 0.818. The van der Waals surface area contributed by atoms with Gasteiger partial charge in [-0.15, -0.1) is 0 Å². The highest BCUT2D eigenvalue weighted by Gasteiger charge is 2.20. The fourth-order valence-electron chi connectivity index (χ4n) is 2.04. The fourth-order valence-corrected chi connectivity index (χ4v) is 2.04. The van der Waals surface area contributed by atoms with Crippen LogP contribution >= 0.6 is 0 Å². The number of aliphatic hydroxyl groups excluding tert-OH is 1.